The van der Waals surface area contributed by atoms with Crippen LogP contribution in [0.4, 0.5) is 17.2 Å². The highest BCUT2D eigenvalue weighted by molar-refractivity contribution is 5.95. The van der Waals surface area contributed by atoms with Crippen LogP contribution in [0.2, 0.25) is 0 Å². The number of nitrogens with one attached hydrogen (secondary N) is 2. The van der Waals surface area contributed by atoms with Gasteiger partial charge in [0.25, 0.3) is 0 Å². The van der Waals surface area contributed by atoms with E-state index in [0.29, 0.717) is 17.9 Å². The minimum atomic E-state index is 0.191. The van der Waals surface area contributed by atoms with E-state index in [0.717, 1.165) is 29.7 Å². The van der Waals surface area contributed by atoms with Gasteiger partial charge in [0.15, 0.2) is 5.65 Å². The Labute approximate surface area is 126 Å². The van der Waals surface area contributed by atoms with Gasteiger partial charge in [-0.25, -0.2) is 9.97 Å². The summed E-state index contributed by atoms with van der Waals surface area (Å²) in [5, 5.41) is 10.9. The summed E-state index contributed by atoms with van der Waals surface area (Å²) < 4.78 is 0. The van der Waals surface area contributed by atoms with Crippen molar-refractivity contribution in [1.82, 2.24) is 20.2 Å². The Bertz CT molecular complexity index is 825. The number of hydrogen-bond acceptors (Lipinski definition) is 5. The number of amides is 1. The molecule has 1 aliphatic rings. The number of rotatable bonds is 3. The smallest absolute Gasteiger partial charge is 0.227 e. The van der Waals surface area contributed by atoms with Gasteiger partial charge < -0.3 is 10.2 Å². The van der Waals surface area contributed by atoms with Crippen molar-refractivity contribution in [1.29, 1.82) is 0 Å². The number of H-pyrrole nitrogens is 1. The van der Waals surface area contributed by atoms with Gasteiger partial charge in [-0.2, -0.15) is 5.10 Å². The van der Waals surface area contributed by atoms with Crippen molar-refractivity contribution in [2.75, 3.05) is 16.8 Å². The van der Waals surface area contributed by atoms with E-state index >= 15 is 0 Å². The van der Waals surface area contributed by atoms with E-state index in [1.165, 1.54) is 6.33 Å². The predicted octanol–water partition coefficient (Wildman–Crippen LogP) is 2.22. The summed E-state index contributed by atoms with van der Waals surface area (Å²) in [7, 11) is 0. The first-order valence-electron chi connectivity index (χ1n) is 7.13. The fourth-order valence-corrected chi connectivity index (χ4v) is 2.65. The van der Waals surface area contributed by atoms with E-state index < -0.39 is 0 Å². The van der Waals surface area contributed by atoms with E-state index in [-0.39, 0.29) is 5.91 Å². The zero-order valence-electron chi connectivity index (χ0n) is 11.8. The van der Waals surface area contributed by atoms with Crippen molar-refractivity contribution in [3.05, 3.63) is 36.8 Å². The molecular formula is C15H14N6O. The molecule has 0 saturated carbocycles. The molecule has 0 bridgehead atoms. The first-order chi connectivity index (χ1) is 10.8. The molecule has 1 amide bonds. The minimum Gasteiger partial charge on any atom is -0.340 e. The average molecular weight is 294 g/mol. The summed E-state index contributed by atoms with van der Waals surface area (Å²) >= 11 is 0. The first-order valence-corrected chi connectivity index (χ1v) is 7.13. The van der Waals surface area contributed by atoms with Gasteiger partial charge in [0.05, 0.1) is 11.6 Å². The number of carbonyl (C=O) groups excluding carboxylic acids is 1. The second kappa shape index (κ2) is 5.10. The van der Waals surface area contributed by atoms with Crippen LogP contribution in [0.3, 0.4) is 0 Å². The number of hydrogen-bond donors (Lipinski definition) is 2. The molecule has 0 spiro atoms. The van der Waals surface area contributed by atoms with Gasteiger partial charge in [0.1, 0.15) is 12.1 Å². The van der Waals surface area contributed by atoms with Crippen LogP contribution in [0, 0.1) is 0 Å². The van der Waals surface area contributed by atoms with Crippen molar-refractivity contribution in [3.63, 3.8) is 0 Å². The van der Waals surface area contributed by atoms with Gasteiger partial charge in [-0.05, 0) is 30.7 Å². The summed E-state index contributed by atoms with van der Waals surface area (Å²) in [6.45, 7) is 0.799. The zero-order valence-corrected chi connectivity index (χ0v) is 11.8. The molecule has 4 rings (SSSR count). The largest absolute Gasteiger partial charge is 0.340 e. The molecule has 110 valence electrons. The normalized spacial score (nSPS) is 14.7. The van der Waals surface area contributed by atoms with Crippen molar-refractivity contribution in [2.45, 2.75) is 12.8 Å². The van der Waals surface area contributed by atoms with Crippen LogP contribution in [-0.2, 0) is 4.79 Å². The third-order valence-electron chi connectivity index (χ3n) is 3.76. The monoisotopic (exact) mass is 294 g/mol. The van der Waals surface area contributed by atoms with Gasteiger partial charge in [-0.15, -0.1) is 0 Å². The molecule has 0 aliphatic carbocycles. The lowest BCUT2D eigenvalue weighted by atomic mass is 10.2. The first kappa shape index (κ1) is 12.8. The molecule has 1 saturated heterocycles. The van der Waals surface area contributed by atoms with Gasteiger partial charge in [0, 0.05) is 24.3 Å². The molecule has 0 radical (unpaired) electrons. The molecule has 3 heterocycles. The maximum absolute atomic E-state index is 11.8. The van der Waals surface area contributed by atoms with Gasteiger partial charge >= 0.3 is 0 Å². The summed E-state index contributed by atoms with van der Waals surface area (Å²) in [5.74, 6) is 0.889. The van der Waals surface area contributed by atoms with Crippen LogP contribution in [0.1, 0.15) is 12.8 Å². The highest BCUT2D eigenvalue weighted by Gasteiger charge is 2.21. The van der Waals surface area contributed by atoms with Crippen LogP contribution in [0.5, 0.6) is 0 Å². The number of aromatic amines is 1. The Kier molecular flexibility index (Phi) is 2.96. The second-order valence-electron chi connectivity index (χ2n) is 5.18. The van der Waals surface area contributed by atoms with Gasteiger partial charge in [0.2, 0.25) is 5.91 Å². The van der Waals surface area contributed by atoms with E-state index in [1.54, 1.807) is 6.20 Å². The van der Waals surface area contributed by atoms with Gasteiger partial charge in [-0.1, -0.05) is 0 Å². The third kappa shape index (κ3) is 2.16. The van der Waals surface area contributed by atoms with E-state index in [2.05, 4.69) is 25.5 Å². The van der Waals surface area contributed by atoms with Crippen molar-refractivity contribution >= 4 is 34.1 Å². The zero-order chi connectivity index (χ0) is 14.9. The number of carbonyl (C=O) groups is 1. The molecule has 1 aliphatic heterocycles. The summed E-state index contributed by atoms with van der Waals surface area (Å²) in [4.78, 5) is 21.9. The number of aromatic nitrogens is 4. The standard InChI is InChI=1S/C15H14N6O/c22-13-2-1-7-21(13)11-5-3-10(4-6-11)19-14-12-8-18-20-15(12)17-9-16-14/h3-6,8-9H,1-2,7H2,(H2,16,17,18,19,20). The van der Waals surface area contributed by atoms with Crippen LogP contribution < -0.4 is 10.2 Å². The number of benzene rings is 1. The summed E-state index contributed by atoms with van der Waals surface area (Å²) in [6.07, 6.45) is 4.74. The van der Waals surface area contributed by atoms with Crippen LogP contribution >= 0.6 is 0 Å². The van der Waals surface area contributed by atoms with Crippen molar-refractivity contribution in [2.24, 2.45) is 0 Å². The molecule has 1 aromatic carbocycles. The molecule has 0 unspecified atom stereocenters. The molecule has 7 heteroatoms. The maximum atomic E-state index is 11.8. The topological polar surface area (TPSA) is 86.8 Å². The summed E-state index contributed by atoms with van der Waals surface area (Å²) in [5.41, 5.74) is 2.53. The van der Waals surface area contributed by atoms with E-state index in [4.69, 9.17) is 0 Å². The predicted molar refractivity (Wildman–Crippen MR) is 83.0 cm³/mol. The van der Waals surface area contributed by atoms with Crippen molar-refractivity contribution in [3.8, 4) is 0 Å². The summed E-state index contributed by atoms with van der Waals surface area (Å²) in [6, 6.07) is 7.77. The van der Waals surface area contributed by atoms with Crippen molar-refractivity contribution < 1.29 is 4.79 Å². The van der Waals surface area contributed by atoms with Crippen LogP contribution in [0.15, 0.2) is 36.8 Å². The molecule has 1 fully saturated rings. The Balaban J connectivity index is 1.59. The lowest BCUT2D eigenvalue weighted by Gasteiger charge is -2.16. The van der Waals surface area contributed by atoms with Crippen LogP contribution in [-0.4, -0.2) is 32.6 Å². The highest BCUT2D eigenvalue weighted by atomic mass is 16.2. The Morgan fingerprint density at radius 1 is 1.18 bits per heavy atom. The molecule has 3 aromatic rings. The average Bonchev–Trinajstić information content (AvgIpc) is 3.17. The Morgan fingerprint density at radius 2 is 2.05 bits per heavy atom. The fraction of sp³-hybridized carbons (Fsp3) is 0.200. The lowest BCUT2D eigenvalue weighted by Crippen LogP contribution is -2.23. The molecular weight excluding hydrogens is 280 g/mol. The van der Waals surface area contributed by atoms with E-state index in [9.17, 15) is 4.79 Å². The maximum Gasteiger partial charge on any atom is 0.227 e. The van der Waals surface area contributed by atoms with Gasteiger partial charge in [-0.3, -0.25) is 9.89 Å². The molecule has 2 N–H and O–H groups in total. The SMILES string of the molecule is O=C1CCCN1c1ccc(Nc2ncnc3[nH]ncc23)cc1. The Hall–Kier alpha value is -2.96. The molecule has 0 atom stereocenters. The van der Waals surface area contributed by atoms with Crippen LogP contribution in [0.25, 0.3) is 11.0 Å². The second-order valence-corrected chi connectivity index (χ2v) is 5.18. The molecule has 22 heavy (non-hydrogen) atoms. The Morgan fingerprint density at radius 3 is 2.82 bits per heavy atom. The highest BCUT2D eigenvalue weighted by Crippen LogP contribution is 2.25. The van der Waals surface area contributed by atoms with E-state index in [1.807, 2.05) is 29.2 Å². The molecule has 2 aromatic heterocycles. The number of anilines is 3. The number of fused-ring (bicyclic) bond motifs is 1. The quantitative estimate of drug-likeness (QED) is 0.773. The minimum absolute atomic E-state index is 0.191. The number of nitrogens with zero attached hydrogens (tertiary/aromatic N) is 4. The fourth-order valence-electron chi connectivity index (χ4n) is 2.65. The lowest BCUT2D eigenvalue weighted by molar-refractivity contribution is -0.117. The molecule has 7 nitrogen and oxygen atoms in total. The third-order valence-corrected chi connectivity index (χ3v) is 3.76.